The Morgan fingerprint density at radius 2 is 2.50 bits per heavy atom. The van der Waals surface area contributed by atoms with Gasteiger partial charge in [0.05, 0.1) is 12.2 Å². The number of rotatable bonds is 1. The van der Waals surface area contributed by atoms with E-state index in [0.717, 1.165) is 0 Å². The molecule has 1 aliphatic rings. The van der Waals surface area contributed by atoms with Crippen LogP contribution in [-0.2, 0) is 0 Å². The molecular formula is C6H9NO3. The third-order valence-electron chi connectivity index (χ3n) is 1.62. The zero-order valence-corrected chi connectivity index (χ0v) is 5.49. The molecule has 0 radical (unpaired) electrons. The van der Waals surface area contributed by atoms with E-state index < -0.39 is 6.04 Å². The highest BCUT2D eigenvalue weighted by Crippen LogP contribution is 2.17. The van der Waals surface area contributed by atoms with Crippen LogP contribution in [0.3, 0.4) is 0 Å². The van der Waals surface area contributed by atoms with Gasteiger partial charge in [0.2, 0.25) is 6.04 Å². The fourth-order valence-corrected chi connectivity index (χ4v) is 1.05. The summed E-state index contributed by atoms with van der Waals surface area (Å²) in [6.45, 7) is 0. The molecule has 1 unspecified atom stereocenters. The quantitative estimate of drug-likeness (QED) is 0.444. The van der Waals surface area contributed by atoms with Crippen LogP contribution in [0, 0.1) is 10.1 Å². The van der Waals surface area contributed by atoms with E-state index >= 15 is 0 Å². The Labute approximate surface area is 58.3 Å². The highest BCUT2D eigenvalue weighted by Gasteiger charge is 2.23. The van der Waals surface area contributed by atoms with Crippen LogP contribution < -0.4 is 0 Å². The summed E-state index contributed by atoms with van der Waals surface area (Å²) in [4.78, 5) is 9.84. The second kappa shape index (κ2) is 2.68. The highest BCUT2D eigenvalue weighted by molar-refractivity contribution is 4.97. The lowest BCUT2D eigenvalue weighted by Gasteiger charge is -2.11. The Morgan fingerprint density at radius 1 is 1.80 bits per heavy atom. The number of aliphatic hydroxyl groups is 1. The van der Waals surface area contributed by atoms with Crippen molar-refractivity contribution in [3.63, 3.8) is 0 Å². The Bertz CT molecular complexity index is 176. The average Bonchev–Trinajstić information content (AvgIpc) is 1.88. The van der Waals surface area contributed by atoms with Crippen molar-refractivity contribution in [1.82, 2.24) is 0 Å². The van der Waals surface area contributed by atoms with Crippen molar-refractivity contribution < 1.29 is 10.0 Å². The van der Waals surface area contributed by atoms with Gasteiger partial charge in [-0.3, -0.25) is 10.1 Å². The van der Waals surface area contributed by atoms with Crippen molar-refractivity contribution in [3.05, 3.63) is 21.9 Å². The van der Waals surface area contributed by atoms with E-state index in [2.05, 4.69) is 0 Å². The van der Waals surface area contributed by atoms with Gasteiger partial charge in [0.25, 0.3) is 0 Å². The summed E-state index contributed by atoms with van der Waals surface area (Å²) in [5.74, 6) is 0.160. The van der Waals surface area contributed by atoms with Crippen molar-refractivity contribution in [2.75, 3.05) is 0 Å². The highest BCUT2D eigenvalue weighted by atomic mass is 16.6. The van der Waals surface area contributed by atoms with Crippen molar-refractivity contribution in [2.45, 2.75) is 25.3 Å². The number of nitrogens with zero attached hydrogens (tertiary/aromatic N) is 1. The van der Waals surface area contributed by atoms with Gasteiger partial charge in [0.1, 0.15) is 0 Å². The molecule has 0 saturated heterocycles. The molecular weight excluding hydrogens is 134 g/mol. The maximum atomic E-state index is 10.2. The SMILES string of the molecule is O=[N+]([O-])C1CCC=C(O)C1. The van der Waals surface area contributed by atoms with Crippen LogP contribution in [-0.4, -0.2) is 16.1 Å². The molecule has 10 heavy (non-hydrogen) atoms. The summed E-state index contributed by atoms with van der Waals surface area (Å²) in [7, 11) is 0. The minimum absolute atomic E-state index is 0.160. The molecule has 0 aromatic carbocycles. The number of aliphatic hydroxyl groups excluding tert-OH is 1. The smallest absolute Gasteiger partial charge is 0.220 e. The van der Waals surface area contributed by atoms with Gasteiger partial charge >= 0.3 is 0 Å². The maximum absolute atomic E-state index is 10.2. The summed E-state index contributed by atoms with van der Waals surface area (Å²) >= 11 is 0. The fourth-order valence-electron chi connectivity index (χ4n) is 1.05. The van der Waals surface area contributed by atoms with Gasteiger partial charge in [-0.05, 0) is 12.5 Å². The van der Waals surface area contributed by atoms with Crippen LogP contribution in [0.1, 0.15) is 19.3 Å². The van der Waals surface area contributed by atoms with E-state index in [1.807, 2.05) is 0 Å². The normalized spacial score (nSPS) is 25.6. The number of hydrogen-bond acceptors (Lipinski definition) is 3. The molecule has 1 atom stereocenters. The lowest BCUT2D eigenvalue weighted by atomic mass is 10.0. The lowest BCUT2D eigenvalue weighted by Crippen LogP contribution is -2.22. The fraction of sp³-hybridized carbons (Fsp3) is 0.667. The van der Waals surface area contributed by atoms with Gasteiger partial charge in [-0.15, -0.1) is 0 Å². The van der Waals surface area contributed by atoms with Gasteiger partial charge in [-0.2, -0.15) is 0 Å². The van der Waals surface area contributed by atoms with E-state index in [1.54, 1.807) is 6.08 Å². The molecule has 0 fully saturated rings. The van der Waals surface area contributed by atoms with Gasteiger partial charge in [-0.25, -0.2) is 0 Å². The first-order valence-corrected chi connectivity index (χ1v) is 3.21. The standard InChI is InChI=1S/C6H9NO3/c8-6-3-1-2-5(4-6)7(9)10/h3,5,8H,1-2,4H2. The minimum atomic E-state index is -0.565. The first-order valence-electron chi connectivity index (χ1n) is 3.21. The predicted molar refractivity (Wildman–Crippen MR) is 35.3 cm³/mol. The summed E-state index contributed by atoms with van der Waals surface area (Å²) in [5, 5.41) is 19.1. The number of nitro groups is 1. The third-order valence-corrected chi connectivity index (χ3v) is 1.62. The summed E-state index contributed by atoms with van der Waals surface area (Å²) in [5.41, 5.74) is 0. The minimum Gasteiger partial charge on any atom is -0.512 e. The van der Waals surface area contributed by atoms with Crippen LogP contribution in [0.25, 0.3) is 0 Å². The van der Waals surface area contributed by atoms with E-state index in [4.69, 9.17) is 5.11 Å². The second-order valence-electron chi connectivity index (χ2n) is 2.42. The number of hydrogen-bond donors (Lipinski definition) is 1. The summed E-state index contributed by atoms with van der Waals surface area (Å²) in [6, 6.07) is -0.565. The van der Waals surface area contributed by atoms with Crippen molar-refractivity contribution in [3.8, 4) is 0 Å². The molecule has 0 bridgehead atoms. The monoisotopic (exact) mass is 143 g/mol. The Balaban J connectivity index is 2.53. The lowest BCUT2D eigenvalue weighted by molar-refractivity contribution is -0.524. The number of allylic oxidation sites excluding steroid dienone is 1. The van der Waals surface area contributed by atoms with Gasteiger partial charge in [0, 0.05) is 11.3 Å². The molecule has 4 nitrogen and oxygen atoms in total. The molecule has 0 saturated carbocycles. The molecule has 1 aliphatic carbocycles. The zero-order valence-electron chi connectivity index (χ0n) is 5.49. The zero-order chi connectivity index (χ0) is 7.56. The van der Waals surface area contributed by atoms with Crippen molar-refractivity contribution in [1.29, 1.82) is 0 Å². The molecule has 0 aromatic heterocycles. The Morgan fingerprint density at radius 3 is 2.90 bits per heavy atom. The van der Waals surface area contributed by atoms with E-state index in [9.17, 15) is 10.1 Å². The topological polar surface area (TPSA) is 63.4 Å². The van der Waals surface area contributed by atoms with Gasteiger partial charge < -0.3 is 5.11 Å². The molecule has 0 amide bonds. The summed E-state index contributed by atoms with van der Waals surface area (Å²) < 4.78 is 0. The molecule has 56 valence electrons. The molecule has 0 heterocycles. The van der Waals surface area contributed by atoms with Crippen LogP contribution >= 0.6 is 0 Å². The predicted octanol–water partition coefficient (Wildman–Crippen LogP) is 1.26. The molecule has 4 heteroatoms. The summed E-state index contributed by atoms with van der Waals surface area (Å²) in [6.07, 6.45) is 3.02. The van der Waals surface area contributed by atoms with Crippen molar-refractivity contribution >= 4 is 0 Å². The maximum Gasteiger partial charge on any atom is 0.220 e. The van der Waals surface area contributed by atoms with Gasteiger partial charge in [0.15, 0.2) is 0 Å². The molecule has 1 N–H and O–H groups in total. The van der Waals surface area contributed by atoms with Crippen LogP contribution in [0.2, 0.25) is 0 Å². The molecule has 0 aliphatic heterocycles. The molecule has 1 rings (SSSR count). The van der Waals surface area contributed by atoms with E-state index in [-0.39, 0.29) is 17.1 Å². The molecule has 0 spiro atoms. The van der Waals surface area contributed by atoms with Crippen LogP contribution in [0.4, 0.5) is 0 Å². The first kappa shape index (κ1) is 7.05. The third kappa shape index (κ3) is 1.46. The average molecular weight is 143 g/mol. The Hall–Kier alpha value is -1.06. The van der Waals surface area contributed by atoms with Crippen molar-refractivity contribution in [2.24, 2.45) is 0 Å². The van der Waals surface area contributed by atoms with E-state index in [1.165, 1.54) is 0 Å². The second-order valence-corrected chi connectivity index (χ2v) is 2.42. The van der Waals surface area contributed by atoms with E-state index in [0.29, 0.717) is 12.8 Å². The van der Waals surface area contributed by atoms with Crippen LogP contribution in [0.5, 0.6) is 0 Å². The largest absolute Gasteiger partial charge is 0.512 e. The first-order chi connectivity index (χ1) is 4.70. The molecule has 0 aromatic rings. The van der Waals surface area contributed by atoms with Crippen LogP contribution in [0.15, 0.2) is 11.8 Å². The van der Waals surface area contributed by atoms with Gasteiger partial charge in [-0.1, -0.05) is 0 Å². The Kier molecular flexibility index (Phi) is 1.89.